The van der Waals surface area contributed by atoms with Crippen molar-refractivity contribution in [2.24, 2.45) is 5.92 Å². The molecule has 22 heavy (non-hydrogen) atoms. The van der Waals surface area contributed by atoms with Gasteiger partial charge in [-0.3, -0.25) is 20.2 Å². The zero-order chi connectivity index (χ0) is 16.3. The summed E-state index contributed by atoms with van der Waals surface area (Å²) < 4.78 is 0. The number of piperidine rings is 1. The smallest absolute Gasteiger partial charge is 0.288 e. The number of nitro benzene ring substituents is 1. The SMILES string of the molecule is CC1CCN(C(=S)NC(=O)c2ccc(Cl)c([N+](=O)[O-])c2)CC1. The summed E-state index contributed by atoms with van der Waals surface area (Å²) in [4.78, 5) is 24.3. The van der Waals surface area contributed by atoms with Gasteiger partial charge in [-0.15, -0.1) is 0 Å². The molecule has 1 heterocycles. The highest BCUT2D eigenvalue weighted by Gasteiger charge is 2.21. The van der Waals surface area contributed by atoms with Crippen molar-refractivity contribution in [1.29, 1.82) is 0 Å². The second kappa shape index (κ2) is 7.02. The van der Waals surface area contributed by atoms with E-state index in [2.05, 4.69) is 12.2 Å². The third-order valence-electron chi connectivity index (χ3n) is 3.70. The molecule has 1 saturated heterocycles. The van der Waals surface area contributed by atoms with Crippen LogP contribution in [0.2, 0.25) is 5.02 Å². The fourth-order valence-electron chi connectivity index (χ4n) is 2.25. The van der Waals surface area contributed by atoms with Crippen LogP contribution in [0.25, 0.3) is 0 Å². The van der Waals surface area contributed by atoms with Gasteiger partial charge in [-0.2, -0.15) is 0 Å². The highest BCUT2D eigenvalue weighted by atomic mass is 35.5. The Hall–Kier alpha value is -1.73. The van der Waals surface area contributed by atoms with Crippen LogP contribution in [0.5, 0.6) is 0 Å². The van der Waals surface area contributed by atoms with E-state index in [4.69, 9.17) is 23.8 Å². The number of carbonyl (C=O) groups is 1. The van der Waals surface area contributed by atoms with Gasteiger partial charge in [0.25, 0.3) is 11.6 Å². The molecule has 1 aliphatic heterocycles. The first kappa shape index (κ1) is 16.6. The summed E-state index contributed by atoms with van der Waals surface area (Å²) in [5.74, 6) is 0.192. The van der Waals surface area contributed by atoms with E-state index in [0.717, 1.165) is 32.0 Å². The second-order valence-electron chi connectivity index (χ2n) is 5.35. The number of hydrogen-bond donors (Lipinski definition) is 1. The van der Waals surface area contributed by atoms with Crippen molar-refractivity contribution in [2.75, 3.05) is 13.1 Å². The van der Waals surface area contributed by atoms with Gasteiger partial charge in [0.05, 0.1) is 4.92 Å². The molecule has 1 aromatic carbocycles. The number of likely N-dealkylation sites (tertiary alicyclic amines) is 1. The Bertz CT molecular complexity index is 615. The zero-order valence-corrected chi connectivity index (χ0v) is 13.6. The van der Waals surface area contributed by atoms with Crippen LogP contribution in [0, 0.1) is 16.0 Å². The first-order valence-corrected chi connectivity index (χ1v) is 7.71. The molecular weight excluding hydrogens is 326 g/mol. The number of nitrogens with one attached hydrogen (secondary N) is 1. The maximum absolute atomic E-state index is 12.2. The van der Waals surface area contributed by atoms with Gasteiger partial charge in [-0.1, -0.05) is 18.5 Å². The number of amides is 1. The average Bonchev–Trinajstić information content (AvgIpc) is 2.47. The van der Waals surface area contributed by atoms with E-state index in [1.807, 2.05) is 4.90 Å². The molecule has 1 fully saturated rings. The van der Waals surface area contributed by atoms with Gasteiger partial charge in [-0.05, 0) is 43.1 Å². The molecular formula is C14H16ClN3O3S. The molecule has 1 aliphatic rings. The number of nitro groups is 1. The Morgan fingerprint density at radius 1 is 1.45 bits per heavy atom. The van der Waals surface area contributed by atoms with E-state index in [1.165, 1.54) is 12.1 Å². The standard InChI is InChI=1S/C14H16ClN3O3S/c1-9-4-6-17(7-5-9)14(22)16-13(19)10-2-3-11(15)12(8-10)18(20)21/h2-3,8-9H,4-7H2,1H3,(H,16,19,22). The van der Waals surface area contributed by atoms with E-state index in [0.29, 0.717) is 11.0 Å². The Morgan fingerprint density at radius 2 is 2.09 bits per heavy atom. The third kappa shape index (κ3) is 3.92. The molecule has 0 radical (unpaired) electrons. The van der Waals surface area contributed by atoms with Crippen molar-refractivity contribution < 1.29 is 9.72 Å². The molecule has 118 valence electrons. The van der Waals surface area contributed by atoms with Gasteiger partial charge in [0.15, 0.2) is 5.11 Å². The number of carbonyl (C=O) groups excluding carboxylic acids is 1. The molecule has 0 atom stereocenters. The first-order valence-electron chi connectivity index (χ1n) is 6.92. The Labute approximate surface area is 138 Å². The van der Waals surface area contributed by atoms with Crippen molar-refractivity contribution in [2.45, 2.75) is 19.8 Å². The molecule has 0 unspecified atom stereocenters. The normalized spacial score (nSPS) is 15.5. The van der Waals surface area contributed by atoms with Gasteiger partial charge in [0.1, 0.15) is 5.02 Å². The number of thiocarbonyl (C=S) groups is 1. The van der Waals surface area contributed by atoms with Gasteiger partial charge < -0.3 is 4.90 Å². The van der Waals surface area contributed by atoms with Crippen molar-refractivity contribution in [1.82, 2.24) is 10.2 Å². The molecule has 0 bridgehead atoms. The summed E-state index contributed by atoms with van der Waals surface area (Å²) in [6, 6.07) is 3.92. The lowest BCUT2D eigenvalue weighted by Crippen LogP contribution is -2.46. The Morgan fingerprint density at radius 3 is 2.68 bits per heavy atom. The van der Waals surface area contributed by atoms with Gasteiger partial charge in [0.2, 0.25) is 0 Å². The monoisotopic (exact) mass is 341 g/mol. The molecule has 6 nitrogen and oxygen atoms in total. The third-order valence-corrected chi connectivity index (χ3v) is 4.38. The lowest BCUT2D eigenvalue weighted by atomic mass is 10.00. The molecule has 8 heteroatoms. The van der Waals surface area contributed by atoms with Crippen molar-refractivity contribution >= 4 is 40.5 Å². The van der Waals surface area contributed by atoms with E-state index in [-0.39, 0.29) is 16.3 Å². The summed E-state index contributed by atoms with van der Waals surface area (Å²) in [5, 5.41) is 13.8. The van der Waals surface area contributed by atoms with Crippen molar-refractivity contribution in [3.05, 3.63) is 38.9 Å². The zero-order valence-electron chi connectivity index (χ0n) is 12.0. The van der Waals surface area contributed by atoms with Crippen LogP contribution < -0.4 is 5.32 Å². The average molecular weight is 342 g/mol. The lowest BCUT2D eigenvalue weighted by molar-refractivity contribution is -0.384. The van der Waals surface area contributed by atoms with Crippen LogP contribution in [0.3, 0.4) is 0 Å². The fourth-order valence-corrected chi connectivity index (χ4v) is 2.72. The molecule has 0 aliphatic carbocycles. The van der Waals surface area contributed by atoms with Crippen LogP contribution in [0.4, 0.5) is 5.69 Å². The number of hydrogen-bond acceptors (Lipinski definition) is 4. The predicted octanol–water partition coefficient (Wildman–Crippen LogP) is 2.99. The summed E-state index contributed by atoms with van der Waals surface area (Å²) in [5.41, 5.74) is -0.143. The van der Waals surface area contributed by atoms with Crippen LogP contribution in [-0.2, 0) is 0 Å². The van der Waals surface area contributed by atoms with Crippen LogP contribution in [0.15, 0.2) is 18.2 Å². The van der Waals surface area contributed by atoms with E-state index < -0.39 is 10.8 Å². The van der Waals surface area contributed by atoms with Gasteiger partial charge >= 0.3 is 0 Å². The Kier molecular flexibility index (Phi) is 5.31. The number of nitrogens with zero attached hydrogens (tertiary/aromatic N) is 2. The molecule has 1 aromatic rings. The predicted molar refractivity (Wildman–Crippen MR) is 88.1 cm³/mol. The molecule has 2 rings (SSSR count). The summed E-state index contributed by atoms with van der Waals surface area (Å²) in [6.45, 7) is 3.80. The van der Waals surface area contributed by atoms with Gasteiger partial charge in [-0.25, -0.2) is 0 Å². The summed E-state index contributed by atoms with van der Waals surface area (Å²) in [7, 11) is 0. The highest BCUT2D eigenvalue weighted by Crippen LogP contribution is 2.25. The lowest BCUT2D eigenvalue weighted by Gasteiger charge is -2.32. The van der Waals surface area contributed by atoms with Crippen LogP contribution in [-0.4, -0.2) is 33.9 Å². The first-order chi connectivity index (χ1) is 10.4. The van der Waals surface area contributed by atoms with Gasteiger partial charge in [0, 0.05) is 24.7 Å². The number of rotatable bonds is 2. The largest absolute Gasteiger partial charge is 0.349 e. The molecule has 1 amide bonds. The molecule has 0 aromatic heterocycles. The minimum atomic E-state index is -0.622. The quantitative estimate of drug-likeness (QED) is 0.508. The molecule has 0 saturated carbocycles. The summed E-state index contributed by atoms with van der Waals surface area (Å²) in [6.07, 6.45) is 2.06. The maximum Gasteiger partial charge on any atom is 0.288 e. The topological polar surface area (TPSA) is 75.5 Å². The highest BCUT2D eigenvalue weighted by molar-refractivity contribution is 7.80. The van der Waals surface area contributed by atoms with E-state index >= 15 is 0 Å². The number of benzene rings is 1. The van der Waals surface area contributed by atoms with Crippen LogP contribution in [0.1, 0.15) is 30.1 Å². The Balaban J connectivity index is 2.04. The van der Waals surface area contributed by atoms with Crippen molar-refractivity contribution in [3.63, 3.8) is 0 Å². The second-order valence-corrected chi connectivity index (χ2v) is 6.15. The fraction of sp³-hybridized carbons (Fsp3) is 0.429. The molecule has 0 spiro atoms. The van der Waals surface area contributed by atoms with Crippen LogP contribution >= 0.6 is 23.8 Å². The summed E-state index contributed by atoms with van der Waals surface area (Å²) >= 11 is 11.0. The maximum atomic E-state index is 12.2. The molecule has 1 N–H and O–H groups in total. The van der Waals surface area contributed by atoms with E-state index in [9.17, 15) is 14.9 Å². The number of halogens is 1. The minimum Gasteiger partial charge on any atom is -0.349 e. The minimum absolute atomic E-state index is 0.00542. The van der Waals surface area contributed by atoms with E-state index in [1.54, 1.807) is 0 Å². The van der Waals surface area contributed by atoms with Crippen molar-refractivity contribution in [3.8, 4) is 0 Å².